The molecule has 1 atom stereocenters. The van der Waals surface area contributed by atoms with Crippen molar-refractivity contribution < 1.29 is 22.4 Å². The van der Waals surface area contributed by atoms with E-state index in [9.17, 15) is 22.4 Å². The number of imidazole rings is 1. The number of hydrogen-bond donors (Lipinski definition) is 2. The number of amides is 2. The molecule has 0 fully saturated rings. The molecule has 5 rings (SSSR count). The minimum Gasteiger partial charge on any atom is -0.348 e. The third-order valence-corrected chi connectivity index (χ3v) is 8.10. The predicted molar refractivity (Wildman–Crippen MR) is 147 cm³/mol. The Balaban J connectivity index is 1.44. The molecule has 2 N–H and O–H groups in total. The molecule has 0 bridgehead atoms. The number of halogens is 1. The molecule has 202 valence electrons. The van der Waals surface area contributed by atoms with Crippen LogP contribution in [-0.4, -0.2) is 41.1 Å². The molecule has 1 aliphatic rings. The zero-order valence-electron chi connectivity index (χ0n) is 21.4. The van der Waals surface area contributed by atoms with Crippen LogP contribution in [0.3, 0.4) is 0 Å². The van der Waals surface area contributed by atoms with Crippen molar-refractivity contribution in [1.82, 2.24) is 20.1 Å². The fraction of sp³-hybridized carbons (Fsp3) is 0.172. The first-order chi connectivity index (χ1) is 19.2. The van der Waals surface area contributed by atoms with Gasteiger partial charge in [0.05, 0.1) is 16.4 Å². The Kier molecular flexibility index (Phi) is 7.44. The normalized spacial score (nSPS) is 15.1. The minimum absolute atomic E-state index is 0.0739. The number of hydrazone groups is 1. The summed E-state index contributed by atoms with van der Waals surface area (Å²) in [5.41, 5.74) is 5.06. The maximum atomic E-state index is 13.5. The second-order valence-corrected chi connectivity index (χ2v) is 11.3. The molecule has 2 aromatic heterocycles. The van der Waals surface area contributed by atoms with E-state index in [1.807, 2.05) is 28.9 Å². The molecule has 9 nitrogen and oxygen atoms in total. The topological polar surface area (TPSA) is 122 Å². The first-order valence-electron chi connectivity index (χ1n) is 12.4. The number of rotatable bonds is 6. The molecule has 11 heteroatoms. The summed E-state index contributed by atoms with van der Waals surface area (Å²) in [6.07, 6.45) is 5.48. The van der Waals surface area contributed by atoms with Crippen molar-refractivity contribution >= 4 is 33.0 Å². The van der Waals surface area contributed by atoms with Crippen LogP contribution in [0.15, 0.2) is 83.2 Å². The van der Waals surface area contributed by atoms with E-state index in [1.165, 1.54) is 42.5 Å². The molecule has 1 aliphatic heterocycles. The van der Waals surface area contributed by atoms with Gasteiger partial charge in [0.15, 0.2) is 9.84 Å². The van der Waals surface area contributed by atoms with Gasteiger partial charge in [-0.1, -0.05) is 18.8 Å². The summed E-state index contributed by atoms with van der Waals surface area (Å²) in [6.45, 7) is 1.97. The van der Waals surface area contributed by atoms with E-state index < -0.39 is 27.3 Å². The van der Waals surface area contributed by atoms with Crippen molar-refractivity contribution in [3.05, 3.63) is 101 Å². The van der Waals surface area contributed by atoms with E-state index in [4.69, 9.17) is 0 Å². The standard InChI is InChI=1S/C29H24FN5O4S/c1-19-14-28(36)34-33-25(19)18-40(38,39)26-9-6-23(16-22(26)5-2-20-3-7-24(30)8-4-20)29(37)32-17-21-10-12-35-13-11-31-27(35)15-21/h3-4,6-13,15-16,19H,14,17-18H2,1H3,(H,32,37)(H,34,36). The summed E-state index contributed by atoms with van der Waals surface area (Å²) in [5, 5.41) is 6.78. The molecule has 0 spiro atoms. The number of nitrogens with one attached hydrogen (secondary N) is 2. The summed E-state index contributed by atoms with van der Waals surface area (Å²) in [6, 6.07) is 13.4. The van der Waals surface area contributed by atoms with E-state index in [0.29, 0.717) is 11.3 Å². The molecule has 1 unspecified atom stereocenters. The average molecular weight is 558 g/mol. The highest BCUT2D eigenvalue weighted by atomic mass is 32.2. The van der Waals surface area contributed by atoms with Gasteiger partial charge < -0.3 is 9.72 Å². The van der Waals surface area contributed by atoms with Gasteiger partial charge in [0, 0.05) is 54.2 Å². The van der Waals surface area contributed by atoms with Gasteiger partial charge in [-0.3, -0.25) is 9.59 Å². The number of pyridine rings is 1. The van der Waals surface area contributed by atoms with Crippen molar-refractivity contribution in [2.45, 2.75) is 24.8 Å². The van der Waals surface area contributed by atoms with Gasteiger partial charge in [0.2, 0.25) is 5.91 Å². The molecule has 4 aromatic rings. The lowest BCUT2D eigenvalue weighted by Crippen LogP contribution is -2.35. The molecule has 2 amide bonds. The Morgan fingerprint density at radius 3 is 2.70 bits per heavy atom. The summed E-state index contributed by atoms with van der Waals surface area (Å²) >= 11 is 0. The smallest absolute Gasteiger partial charge is 0.251 e. The van der Waals surface area contributed by atoms with Gasteiger partial charge in [-0.15, -0.1) is 0 Å². The van der Waals surface area contributed by atoms with Crippen molar-refractivity contribution in [2.75, 3.05) is 5.75 Å². The molecule has 0 saturated carbocycles. The van der Waals surface area contributed by atoms with Crippen molar-refractivity contribution in [3.63, 3.8) is 0 Å². The van der Waals surface area contributed by atoms with E-state index in [2.05, 4.69) is 32.7 Å². The Labute approximate surface area is 230 Å². The highest BCUT2D eigenvalue weighted by Gasteiger charge is 2.28. The fourth-order valence-corrected chi connectivity index (χ4v) is 5.81. The Morgan fingerprint density at radius 2 is 1.93 bits per heavy atom. The number of carbonyl (C=O) groups excluding carboxylic acids is 2. The number of benzene rings is 2. The molecule has 2 aromatic carbocycles. The van der Waals surface area contributed by atoms with Crippen LogP contribution in [0, 0.1) is 23.6 Å². The largest absolute Gasteiger partial charge is 0.348 e. The molecule has 40 heavy (non-hydrogen) atoms. The highest BCUT2D eigenvalue weighted by Crippen LogP contribution is 2.22. The zero-order valence-corrected chi connectivity index (χ0v) is 22.2. The molecular formula is C29H24FN5O4S. The minimum atomic E-state index is -3.95. The highest BCUT2D eigenvalue weighted by molar-refractivity contribution is 7.92. The lowest BCUT2D eigenvalue weighted by atomic mass is 10.0. The maximum Gasteiger partial charge on any atom is 0.251 e. The second kappa shape index (κ2) is 11.1. The van der Waals surface area contributed by atoms with Gasteiger partial charge in [-0.05, 0) is 60.2 Å². The summed E-state index contributed by atoms with van der Waals surface area (Å²) in [7, 11) is -3.95. The van der Waals surface area contributed by atoms with Crippen LogP contribution in [0.1, 0.15) is 40.4 Å². The summed E-state index contributed by atoms with van der Waals surface area (Å²) in [4.78, 5) is 28.8. The monoisotopic (exact) mass is 557 g/mol. The lowest BCUT2D eigenvalue weighted by Gasteiger charge is -2.19. The van der Waals surface area contributed by atoms with Crippen LogP contribution in [0.5, 0.6) is 0 Å². The average Bonchev–Trinajstić information content (AvgIpc) is 3.41. The van der Waals surface area contributed by atoms with Crippen LogP contribution in [-0.2, 0) is 21.2 Å². The molecular weight excluding hydrogens is 533 g/mol. The quantitative estimate of drug-likeness (QED) is 0.353. The zero-order chi connectivity index (χ0) is 28.3. The number of fused-ring (bicyclic) bond motifs is 1. The fourth-order valence-electron chi connectivity index (χ4n) is 4.19. The number of hydrogen-bond acceptors (Lipinski definition) is 6. The van der Waals surface area contributed by atoms with Crippen LogP contribution >= 0.6 is 0 Å². The lowest BCUT2D eigenvalue weighted by molar-refractivity contribution is -0.121. The van der Waals surface area contributed by atoms with Gasteiger partial charge in [0.1, 0.15) is 11.5 Å². The van der Waals surface area contributed by atoms with E-state index in [-0.39, 0.29) is 40.8 Å². The first kappa shape index (κ1) is 26.8. The number of aromatic nitrogens is 2. The molecule has 0 aliphatic carbocycles. The summed E-state index contributed by atoms with van der Waals surface area (Å²) in [5.74, 6) is 3.82. The Hall–Kier alpha value is -4.82. The predicted octanol–water partition coefficient (Wildman–Crippen LogP) is 3.09. The first-order valence-corrected chi connectivity index (χ1v) is 14.0. The van der Waals surface area contributed by atoms with Crippen molar-refractivity contribution in [2.24, 2.45) is 11.0 Å². The van der Waals surface area contributed by atoms with Gasteiger partial charge in [-0.2, -0.15) is 5.10 Å². The second-order valence-electron chi connectivity index (χ2n) is 9.38. The van der Waals surface area contributed by atoms with Crippen LogP contribution < -0.4 is 10.7 Å². The third kappa shape index (κ3) is 6.08. The number of nitrogens with zero attached hydrogens (tertiary/aromatic N) is 3. The molecule has 3 heterocycles. The van der Waals surface area contributed by atoms with Gasteiger partial charge in [0.25, 0.3) is 5.91 Å². The van der Waals surface area contributed by atoms with Crippen LogP contribution in [0.25, 0.3) is 5.65 Å². The van der Waals surface area contributed by atoms with E-state index in [0.717, 1.165) is 11.2 Å². The van der Waals surface area contributed by atoms with Crippen molar-refractivity contribution in [1.29, 1.82) is 0 Å². The molecule has 0 radical (unpaired) electrons. The van der Waals surface area contributed by atoms with Crippen LogP contribution in [0.2, 0.25) is 0 Å². The maximum absolute atomic E-state index is 13.5. The number of carbonyl (C=O) groups is 2. The summed E-state index contributed by atoms with van der Waals surface area (Å²) < 4.78 is 42.1. The Morgan fingerprint density at radius 1 is 1.12 bits per heavy atom. The Bertz CT molecular complexity index is 1820. The van der Waals surface area contributed by atoms with Crippen LogP contribution in [0.4, 0.5) is 4.39 Å². The molecule has 0 saturated heterocycles. The van der Waals surface area contributed by atoms with E-state index >= 15 is 0 Å². The van der Waals surface area contributed by atoms with Gasteiger partial charge >= 0.3 is 0 Å². The third-order valence-electron chi connectivity index (χ3n) is 6.40. The van der Waals surface area contributed by atoms with E-state index in [1.54, 1.807) is 13.1 Å². The van der Waals surface area contributed by atoms with Gasteiger partial charge in [-0.25, -0.2) is 23.2 Å². The SMILES string of the molecule is CC1CC(=O)NN=C1CS(=O)(=O)c1ccc(C(=O)NCc2ccn3ccnc3c2)cc1C#Cc1ccc(F)cc1. The van der Waals surface area contributed by atoms with Crippen molar-refractivity contribution in [3.8, 4) is 11.8 Å². The number of sulfone groups is 1.